The van der Waals surface area contributed by atoms with Crippen molar-refractivity contribution in [2.75, 3.05) is 26.3 Å². The number of benzene rings is 1. The van der Waals surface area contributed by atoms with Gasteiger partial charge < -0.3 is 19.6 Å². The zero-order valence-corrected chi connectivity index (χ0v) is 17.7. The Morgan fingerprint density at radius 1 is 1.33 bits per heavy atom. The summed E-state index contributed by atoms with van der Waals surface area (Å²) in [6.45, 7) is 1.54. The number of hydrogen-bond acceptors (Lipinski definition) is 6. The van der Waals surface area contributed by atoms with E-state index < -0.39 is 0 Å². The molecule has 0 aromatic heterocycles. The Balaban J connectivity index is 1.31. The fourth-order valence-corrected chi connectivity index (χ4v) is 4.64. The fourth-order valence-electron chi connectivity index (χ4n) is 4.37. The summed E-state index contributed by atoms with van der Waals surface area (Å²) >= 11 is 6.54. The van der Waals surface area contributed by atoms with Crippen molar-refractivity contribution in [3.8, 4) is 5.75 Å². The molecule has 2 fully saturated rings. The van der Waals surface area contributed by atoms with Gasteiger partial charge in [0.15, 0.2) is 0 Å². The second-order valence-electron chi connectivity index (χ2n) is 7.92. The summed E-state index contributed by atoms with van der Waals surface area (Å²) in [4.78, 5) is 32.3. The molecule has 30 heavy (non-hydrogen) atoms. The SMILES string of the molecule is O=C1CN2Cc3c(ccc(OCCCC(=O)N(CCO)C4CCCC4)c3Cl)N=C2N1. The Kier molecular flexibility index (Phi) is 6.43. The number of rotatable bonds is 8. The third kappa shape index (κ3) is 4.39. The van der Waals surface area contributed by atoms with Crippen LogP contribution in [-0.2, 0) is 16.1 Å². The van der Waals surface area contributed by atoms with Crippen LogP contribution in [-0.4, -0.2) is 65.0 Å². The van der Waals surface area contributed by atoms with Crippen LogP contribution in [0, 0.1) is 0 Å². The van der Waals surface area contributed by atoms with Crippen LogP contribution in [0.25, 0.3) is 0 Å². The summed E-state index contributed by atoms with van der Waals surface area (Å²) in [5.74, 6) is 1.12. The maximum atomic E-state index is 12.6. The number of hydrogen-bond donors (Lipinski definition) is 2. The van der Waals surface area contributed by atoms with Gasteiger partial charge in [-0.1, -0.05) is 24.4 Å². The van der Waals surface area contributed by atoms with E-state index in [0.29, 0.717) is 49.3 Å². The van der Waals surface area contributed by atoms with Crippen molar-refractivity contribution in [2.24, 2.45) is 4.99 Å². The summed E-state index contributed by atoms with van der Waals surface area (Å²) in [5.41, 5.74) is 1.56. The van der Waals surface area contributed by atoms with Gasteiger partial charge in [-0.3, -0.25) is 14.9 Å². The summed E-state index contributed by atoms with van der Waals surface area (Å²) < 4.78 is 5.85. The second-order valence-corrected chi connectivity index (χ2v) is 8.29. The molecule has 9 heteroatoms. The number of carbonyl (C=O) groups excluding carboxylic acids is 2. The van der Waals surface area contributed by atoms with Gasteiger partial charge in [0.1, 0.15) is 12.3 Å². The highest BCUT2D eigenvalue weighted by atomic mass is 35.5. The molecule has 0 radical (unpaired) electrons. The van der Waals surface area contributed by atoms with Crippen LogP contribution in [0.1, 0.15) is 44.1 Å². The normalized spacial score (nSPS) is 18.0. The number of aliphatic hydroxyl groups excluding tert-OH is 1. The van der Waals surface area contributed by atoms with Crippen molar-refractivity contribution in [1.29, 1.82) is 0 Å². The van der Waals surface area contributed by atoms with Crippen LogP contribution in [0.5, 0.6) is 5.75 Å². The number of nitrogens with one attached hydrogen (secondary N) is 1. The van der Waals surface area contributed by atoms with Gasteiger partial charge >= 0.3 is 0 Å². The molecule has 162 valence electrons. The minimum Gasteiger partial charge on any atom is -0.492 e. The van der Waals surface area contributed by atoms with E-state index in [1.807, 2.05) is 15.9 Å². The van der Waals surface area contributed by atoms with Crippen molar-refractivity contribution >= 4 is 35.1 Å². The molecule has 2 N–H and O–H groups in total. The van der Waals surface area contributed by atoms with E-state index in [1.165, 1.54) is 0 Å². The predicted molar refractivity (Wildman–Crippen MR) is 113 cm³/mol. The van der Waals surface area contributed by atoms with Crippen molar-refractivity contribution in [1.82, 2.24) is 15.1 Å². The second kappa shape index (κ2) is 9.22. The van der Waals surface area contributed by atoms with Crippen LogP contribution >= 0.6 is 11.6 Å². The fraction of sp³-hybridized carbons (Fsp3) is 0.571. The largest absolute Gasteiger partial charge is 0.492 e. The van der Waals surface area contributed by atoms with Gasteiger partial charge in [0.05, 0.1) is 30.5 Å². The number of halogens is 1. The first-order chi connectivity index (χ1) is 14.6. The van der Waals surface area contributed by atoms with E-state index in [1.54, 1.807) is 6.07 Å². The number of guanidine groups is 1. The van der Waals surface area contributed by atoms with Gasteiger partial charge in [-0.25, -0.2) is 4.99 Å². The highest BCUT2D eigenvalue weighted by molar-refractivity contribution is 6.33. The Hall–Kier alpha value is -2.32. The number of fused-ring (bicyclic) bond motifs is 2. The van der Waals surface area contributed by atoms with E-state index in [-0.39, 0.29) is 31.0 Å². The third-order valence-corrected chi connectivity index (χ3v) is 6.28. The van der Waals surface area contributed by atoms with E-state index >= 15 is 0 Å². The number of carbonyl (C=O) groups is 2. The zero-order valence-electron chi connectivity index (χ0n) is 16.9. The van der Waals surface area contributed by atoms with Gasteiger partial charge in [-0.05, 0) is 31.4 Å². The molecular formula is C21H27ClN4O4. The monoisotopic (exact) mass is 434 g/mol. The van der Waals surface area contributed by atoms with Crippen LogP contribution in [0.15, 0.2) is 17.1 Å². The molecule has 2 amide bonds. The van der Waals surface area contributed by atoms with E-state index in [0.717, 1.165) is 36.9 Å². The lowest BCUT2D eigenvalue weighted by Crippen LogP contribution is -2.40. The number of ether oxygens (including phenoxy) is 1. The molecule has 1 saturated carbocycles. The van der Waals surface area contributed by atoms with Gasteiger partial charge in [-0.15, -0.1) is 0 Å². The smallest absolute Gasteiger partial charge is 0.246 e. The maximum absolute atomic E-state index is 12.6. The van der Waals surface area contributed by atoms with Crippen LogP contribution in [0.4, 0.5) is 5.69 Å². The van der Waals surface area contributed by atoms with Crippen LogP contribution in [0.3, 0.4) is 0 Å². The van der Waals surface area contributed by atoms with Crippen molar-refractivity contribution < 1.29 is 19.4 Å². The standard InChI is InChI=1S/C21H27ClN4O4/c22-20-15-12-25-13-18(28)24-21(25)23-16(15)7-8-17(20)30-11-3-6-19(29)26(9-10-27)14-4-1-2-5-14/h7-8,14,27H,1-6,9-13H2,(H,23,24,28). The third-order valence-electron chi connectivity index (χ3n) is 5.86. The Morgan fingerprint density at radius 2 is 2.13 bits per heavy atom. The molecule has 1 aromatic rings. The van der Waals surface area contributed by atoms with Gasteiger partial charge in [0, 0.05) is 24.6 Å². The van der Waals surface area contributed by atoms with E-state index in [4.69, 9.17) is 16.3 Å². The molecule has 2 aliphatic heterocycles. The first kappa shape index (κ1) is 20.9. The summed E-state index contributed by atoms with van der Waals surface area (Å²) in [6, 6.07) is 3.87. The quantitative estimate of drug-likeness (QED) is 0.611. The molecule has 1 aromatic carbocycles. The first-order valence-electron chi connectivity index (χ1n) is 10.5. The maximum Gasteiger partial charge on any atom is 0.246 e. The summed E-state index contributed by atoms with van der Waals surface area (Å²) in [7, 11) is 0. The van der Waals surface area contributed by atoms with E-state index in [2.05, 4.69) is 10.3 Å². The Morgan fingerprint density at radius 3 is 2.90 bits per heavy atom. The molecule has 8 nitrogen and oxygen atoms in total. The van der Waals surface area contributed by atoms with Crippen molar-refractivity contribution in [3.05, 3.63) is 22.7 Å². The number of amides is 2. The minimum atomic E-state index is -0.0772. The van der Waals surface area contributed by atoms with Gasteiger partial charge in [-0.2, -0.15) is 0 Å². The molecule has 0 unspecified atom stereocenters. The Labute approximate surface area is 180 Å². The van der Waals surface area contributed by atoms with E-state index in [9.17, 15) is 14.7 Å². The molecule has 2 heterocycles. The topological polar surface area (TPSA) is 94.5 Å². The summed E-state index contributed by atoms with van der Waals surface area (Å²) in [6.07, 6.45) is 5.30. The lowest BCUT2D eigenvalue weighted by molar-refractivity contribution is -0.134. The molecule has 1 aliphatic carbocycles. The lowest BCUT2D eigenvalue weighted by Gasteiger charge is -2.28. The molecule has 0 spiro atoms. The van der Waals surface area contributed by atoms with Crippen molar-refractivity contribution in [2.45, 2.75) is 51.1 Å². The Bertz CT molecular complexity index is 854. The van der Waals surface area contributed by atoms with Crippen LogP contribution < -0.4 is 10.1 Å². The van der Waals surface area contributed by atoms with Crippen LogP contribution in [0.2, 0.25) is 5.02 Å². The first-order valence-corrected chi connectivity index (χ1v) is 10.9. The number of aliphatic hydroxyl groups is 1. The lowest BCUT2D eigenvalue weighted by atomic mass is 10.1. The number of nitrogens with zero attached hydrogens (tertiary/aromatic N) is 3. The predicted octanol–water partition coefficient (Wildman–Crippen LogP) is 2.20. The van der Waals surface area contributed by atoms with Crippen molar-refractivity contribution in [3.63, 3.8) is 0 Å². The molecule has 4 rings (SSSR count). The summed E-state index contributed by atoms with van der Waals surface area (Å²) in [5, 5.41) is 12.5. The van der Waals surface area contributed by atoms with Gasteiger partial charge in [0.2, 0.25) is 17.8 Å². The molecule has 0 atom stereocenters. The highest BCUT2D eigenvalue weighted by Gasteiger charge is 2.31. The van der Waals surface area contributed by atoms with Gasteiger partial charge in [0.25, 0.3) is 0 Å². The molecular weight excluding hydrogens is 408 g/mol. The molecule has 3 aliphatic rings. The average molecular weight is 435 g/mol. The highest BCUT2D eigenvalue weighted by Crippen LogP contribution is 2.38. The minimum absolute atomic E-state index is 0.00813. The molecule has 0 bridgehead atoms. The number of aliphatic imine (C=N–C) groups is 1. The molecule has 1 saturated heterocycles. The zero-order chi connectivity index (χ0) is 21.1. The average Bonchev–Trinajstić information content (AvgIpc) is 3.38.